The van der Waals surface area contributed by atoms with Crippen molar-refractivity contribution < 1.29 is 0 Å². The highest BCUT2D eigenvalue weighted by molar-refractivity contribution is 5.31. The van der Waals surface area contributed by atoms with Gasteiger partial charge in [-0.1, -0.05) is 119 Å². The molecule has 0 aromatic heterocycles. The molecule has 0 saturated carbocycles. The summed E-state index contributed by atoms with van der Waals surface area (Å²) >= 11 is 0. The van der Waals surface area contributed by atoms with Crippen molar-refractivity contribution in [3.8, 4) is 0 Å². The maximum atomic E-state index is 2.28. The van der Waals surface area contributed by atoms with E-state index in [1.807, 2.05) is 0 Å². The van der Waals surface area contributed by atoms with Crippen LogP contribution in [0.4, 0.5) is 0 Å². The second kappa shape index (κ2) is 13.3. The monoisotopic (exact) mass is 430 g/mol. The number of aryl methyl sites for hydroxylation is 5. The molecule has 0 saturated heterocycles. The van der Waals surface area contributed by atoms with Crippen molar-refractivity contribution >= 4 is 0 Å². The van der Waals surface area contributed by atoms with Crippen LogP contribution in [0.1, 0.15) is 104 Å². The molecule has 3 aromatic carbocycles. The van der Waals surface area contributed by atoms with Crippen LogP contribution < -0.4 is 0 Å². The standard InChI is InChI=1S/2C11H16.C10H14/c1-8(2)11-6-9(3)5-10(4)7-11;1-8(2)11-6-5-9(3)10(4)7-11;1-8(2)10-6-4-5-9(3)7-10/h2*5-8H,1-4H3;4-8H,1-3H3. The van der Waals surface area contributed by atoms with Crippen LogP contribution in [-0.2, 0) is 0 Å². The van der Waals surface area contributed by atoms with Crippen molar-refractivity contribution in [3.63, 3.8) is 0 Å². The third kappa shape index (κ3) is 9.86. The third-order valence-electron chi connectivity index (χ3n) is 5.82. The molecule has 0 heteroatoms. The fourth-order valence-corrected chi connectivity index (χ4v) is 3.50. The van der Waals surface area contributed by atoms with Gasteiger partial charge >= 0.3 is 0 Å². The van der Waals surface area contributed by atoms with Gasteiger partial charge in [0, 0.05) is 0 Å². The molecule has 0 aliphatic heterocycles. The quantitative estimate of drug-likeness (QED) is 0.388. The lowest BCUT2D eigenvalue weighted by Crippen LogP contribution is -1.89. The minimum absolute atomic E-state index is 0.647. The maximum absolute atomic E-state index is 2.28. The molecule has 32 heavy (non-hydrogen) atoms. The summed E-state index contributed by atoms with van der Waals surface area (Å²) in [6.45, 7) is 24.1. The molecule has 3 aromatic rings. The zero-order valence-corrected chi connectivity index (χ0v) is 22.5. The first-order valence-corrected chi connectivity index (χ1v) is 12.1. The van der Waals surface area contributed by atoms with Crippen molar-refractivity contribution in [2.75, 3.05) is 0 Å². The Labute approximate surface area is 199 Å². The van der Waals surface area contributed by atoms with Crippen LogP contribution in [0.5, 0.6) is 0 Å². The molecule has 3 rings (SSSR count). The molecule has 0 unspecified atom stereocenters. The third-order valence-corrected chi connectivity index (χ3v) is 5.82. The van der Waals surface area contributed by atoms with Crippen molar-refractivity contribution in [1.82, 2.24) is 0 Å². The molecule has 0 radical (unpaired) electrons. The number of benzene rings is 3. The van der Waals surface area contributed by atoms with E-state index in [2.05, 4.69) is 137 Å². The Hall–Kier alpha value is -2.34. The SMILES string of the molecule is Cc1cc(C)cc(C(C)C)c1.Cc1ccc(C(C)C)cc1C.Cc1cccc(C(C)C)c1. The van der Waals surface area contributed by atoms with Crippen LogP contribution in [0.2, 0.25) is 0 Å². The molecule has 174 valence electrons. The summed E-state index contributed by atoms with van der Waals surface area (Å²) in [6.07, 6.45) is 0. The van der Waals surface area contributed by atoms with Crippen molar-refractivity contribution in [2.45, 2.75) is 93.9 Å². The van der Waals surface area contributed by atoms with Gasteiger partial charge in [0.1, 0.15) is 0 Å². The average molecular weight is 431 g/mol. The molecule has 0 amide bonds. The lowest BCUT2D eigenvalue weighted by molar-refractivity contribution is 0.863. The Balaban J connectivity index is 0.000000240. The predicted octanol–water partition coefficient (Wildman–Crippen LogP) is 9.97. The minimum atomic E-state index is 0.647. The van der Waals surface area contributed by atoms with Crippen molar-refractivity contribution in [3.05, 3.63) is 105 Å². The molecule has 0 nitrogen and oxygen atoms in total. The molecule has 0 N–H and O–H groups in total. The average Bonchev–Trinajstić information content (AvgIpc) is 2.70. The lowest BCUT2D eigenvalue weighted by Gasteiger charge is -2.07. The Morgan fingerprint density at radius 1 is 0.406 bits per heavy atom. The predicted molar refractivity (Wildman–Crippen MR) is 145 cm³/mol. The topological polar surface area (TPSA) is 0 Å². The Bertz CT molecular complexity index is 937. The van der Waals surface area contributed by atoms with Crippen LogP contribution in [0, 0.1) is 34.6 Å². The first kappa shape index (κ1) is 27.7. The van der Waals surface area contributed by atoms with Gasteiger partial charge in [0.05, 0.1) is 0 Å². The van der Waals surface area contributed by atoms with Crippen LogP contribution >= 0.6 is 0 Å². The van der Waals surface area contributed by atoms with E-state index in [4.69, 9.17) is 0 Å². The molecule has 0 aliphatic rings. The van der Waals surface area contributed by atoms with E-state index >= 15 is 0 Å². The van der Waals surface area contributed by atoms with E-state index in [1.54, 1.807) is 0 Å². The second-order valence-corrected chi connectivity index (χ2v) is 10.1. The summed E-state index contributed by atoms with van der Waals surface area (Å²) in [6, 6.07) is 22.1. The van der Waals surface area contributed by atoms with Gasteiger partial charge in [0.15, 0.2) is 0 Å². The molecule has 0 aliphatic carbocycles. The Kier molecular flexibility index (Phi) is 11.5. The van der Waals surface area contributed by atoms with Crippen molar-refractivity contribution in [2.24, 2.45) is 0 Å². The Morgan fingerprint density at radius 2 is 0.875 bits per heavy atom. The largest absolute Gasteiger partial charge is 0.0617 e. The van der Waals surface area contributed by atoms with E-state index in [1.165, 1.54) is 44.5 Å². The molecule has 0 atom stereocenters. The van der Waals surface area contributed by atoms with Gasteiger partial charge in [-0.3, -0.25) is 0 Å². The van der Waals surface area contributed by atoms with E-state index < -0.39 is 0 Å². The van der Waals surface area contributed by atoms with Crippen molar-refractivity contribution in [1.29, 1.82) is 0 Å². The summed E-state index contributed by atoms with van der Waals surface area (Å²) < 4.78 is 0. The number of hydrogen-bond acceptors (Lipinski definition) is 0. The molecule has 0 bridgehead atoms. The minimum Gasteiger partial charge on any atom is -0.0617 e. The molecule has 0 fully saturated rings. The van der Waals surface area contributed by atoms with Crippen LogP contribution in [0.15, 0.2) is 60.7 Å². The van der Waals surface area contributed by atoms with Crippen LogP contribution in [-0.4, -0.2) is 0 Å². The second-order valence-electron chi connectivity index (χ2n) is 10.1. The van der Waals surface area contributed by atoms with Gasteiger partial charge < -0.3 is 0 Å². The van der Waals surface area contributed by atoms with Crippen LogP contribution in [0.3, 0.4) is 0 Å². The fraction of sp³-hybridized carbons (Fsp3) is 0.438. The van der Waals surface area contributed by atoms with Gasteiger partial charge in [0.25, 0.3) is 0 Å². The summed E-state index contributed by atoms with van der Waals surface area (Å²) in [5.74, 6) is 1.95. The molecular formula is C32H46. The zero-order valence-electron chi connectivity index (χ0n) is 22.5. The number of hydrogen-bond donors (Lipinski definition) is 0. The molecule has 0 spiro atoms. The normalized spacial score (nSPS) is 10.6. The number of rotatable bonds is 3. The van der Waals surface area contributed by atoms with E-state index in [9.17, 15) is 0 Å². The lowest BCUT2D eigenvalue weighted by atomic mass is 9.99. The summed E-state index contributed by atoms with van der Waals surface area (Å²) in [5.41, 5.74) is 11.2. The summed E-state index contributed by atoms with van der Waals surface area (Å²) in [4.78, 5) is 0. The zero-order chi connectivity index (χ0) is 24.4. The molecule has 0 heterocycles. The summed E-state index contributed by atoms with van der Waals surface area (Å²) in [5, 5.41) is 0. The first-order valence-electron chi connectivity index (χ1n) is 12.1. The van der Waals surface area contributed by atoms with Gasteiger partial charge in [-0.05, 0) is 80.2 Å². The fourth-order valence-electron chi connectivity index (χ4n) is 3.50. The van der Waals surface area contributed by atoms with E-state index in [-0.39, 0.29) is 0 Å². The van der Waals surface area contributed by atoms with Crippen LogP contribution in [0.25, 0.3) is 0 Å². The van der Waals surface area contributed by atoms with Gasteiger partial charge in [-0.25, -0.2) is 0 Å². The van der Waals surface area contributed by atoms with E-state index in [0.29, 0.717) is 17.8 Å². The Morgan fingerprint density at radius 3 is 1.28 bits per heavy atom. The van der Waals surface area contributed by atoms with E-state index in [0.717, 1.165) is 0 Å². The maximum Gasteiger partial charge on any atom is -0.0219 e. The summed E-state index contributed by atoms with van der Waals surface area (Å²) in [7, 11) is 0. The van der Waals surface area contributed by atoms with Gasteiger partial charge in [-0.15, -0.1) is 0 Å². The highest BCUT2D eigenvalue weighted by Gasteiger charge is 2.00. The smallest absolute Gasteiger partial charge is 0.0219 e. The highest BCUT2D eigenvalue weighted by Crippen LogP contribution is 2.18. The van der Waals surface area contributed by atoms with Gasteiger partial charge in [0.2, 0.25) is 0 Å². The first-order chi connectivity index (χ1) is 14.9. The molecular weight excluding hydrogens is 384 g/mol. The van der Waals surface area contributed by atoms with Gasteiger partial charge in [-0.2, -0.15) is 0 Å². The highest BCUT2D eigenvalue weighted by atomic mass is 14.1.